The molecule has 0 fully saturated rings. The first kappa shape index (κ1) is 8.75. The lowest BCUT2D eigenvalue weighted by atomic mass is 10.1. The lowest BCUT2D eigenvalue weighted by Crippen LogP contribution is -2.29. The van der Waals surface area contributed by atoms with E-state index in [-0.39, 0.29) is 0 Å². The number of hydrogen-bond donors (Lipinski definition) is 1. The molecule has 0 bridgehead atoms. The van der Waals surface area contributed by atoms with Gasteiger partial charge in [-0.05, 0) is 18.6 Å². The first-order valence-corrected chi connectivity index (χ1v) is 4.53. The van der Waals surface area contributed by atoms with Gasteiger partial charge in [0.1, 0.15) is 0 Å². The van der Waals surface area contributed by atoms with Crippen LogP contribution in [0.25, 0.3) is 11.1 Å². The van der Waals surface area contributed by atoms with Gasteiger partial charge in [-0.25, -0.2) is 0 Å². The van der Waals surface area contributed by atoms with Gasteiger partial charge < -0.3 is 0 Å². The van der Waals surface area contributed by atoms with Gasteiger partial charge in [-0.1, -0.05) is 30.3 Å². The van der Waals surface area contributed by atoms with Crippen LogP contribution in [0.5, 0.6) is 0 Å². The van der Waals surface area contributed by atoms with Crippen LogP contribution in [0.3, 0.4) is 0 Å². The lowest BCUT2D eigenvalue weighted by Gasteiger charge is -1.98. The lowest BCUT2D eigenvalue weighted by molar-refractivity contribution is -0.904. The van der Waals surface area contributed by atoms with Crippen molar-refractivity contribution in [2.24, 2.45) is 0 Å². The summed E-state index contributed by atoms with van der Waals surface area (Å²) >= 11 is 0. The highest BCUT2D eigenvalue weighted by Crippen LogP contribution is 2.17. The molecule has 1 heterocycles. The van der Waals surface area contributed by atoms with Crippen molar-refractivity contribution in [2.45, 2.75) is 6.92 Å². The highest BCUT2D eigenvalue weighted by molar-refractivity contribution is 5.61. The Bertz CT molecular complexity index is 417. The second kappa shape index (κ2) is 3.50. The van der Waals surface area contributed by atoms with E-state index in [2.05, 4.69) is 0 Å². The summed E-state index contributed by atoms with van der Waals surface area (Å²) in [6.07, 6.45) is 3.37. The molecular weight excluding hydrogens is 174 g/mol. The fraction of sp³-hybridized carbons (Fsp3) is 0.0833. The molecule has 2 rings (SSSR count). The maximum atomic E-state index is 9.37. The predicted molar refractivity (Wildman–Crippen MR) is 54.0 cm³/mol. The molecule has 14 heavy (non-hydrogen) atoms. The highest BCUT2D eigenvalue weighted by atomic mass is 16.5. The largest absolute Gasteiger partial charge is 0.285 e. The van der Waals surface area contributed by atoms with Crippen LogP contribution in [-0.4, -0.2) is 5.21 Å². The van der Waals surface area contributed by atoms with Gasteiger partial charge in [-0.3, -0.25) is 5.21 Å². The van der Waals surface area contributed by atoms with E-state index in [4.69, 9.17) is 0 Å². The number of pyridine rings is 1. The maximum absolute atomic E-state index is 9.37. The highest BCUT2D eigenvalue weighted by Gasteiger charge is 2.05. The summed E-state index contributed by atoms with van der Waals surface area (Å²) < 4.78 is 1.09. The fourth-order valence-corrected chi connectivity index (χ4v) is 1.50. The Balaban J connectivity index is 2.52. The van der Waals surface area contributed by atoms with Crippen molar-refractivity contribution in [3.8, 4) is 11.1 Å². The van der Waals surface area contributed by atoms with Crippen LogP contribution in [0.2, 0.25) is 0 Å². The number of aryl methyl sites for hydroxylation is 1. The van der Waals surface area contributed by atoms with Crippen molar-refractivity contribution in [2.75, 3.05) is 0 Å². The summed E-state index contributed by atoms with van der Waals surface area (Å²) in [5.74, 6) is 0. The van der Waals surface area contributed by atoms with Gasteiger partial charge in [0.15, 0.2) is 0 Å². The number of hydrogen-bond acceptors (Lipinski definition) is 1. The molecule has 1 aromatic heterocycles. The first-order valence-electron chi connectivity index (χ1n) is 4.53. The number of benzene rings is 1. The molecule has 0 aliphatic carbocycles. The van der Waals surface area contributed by atoms with E-state index in [0.29, 0.717) is 0 Å². The van der Waals surface area contributed by atoms with E-state index in [1.54, 1.807) is 12.4 Å². The Morgan fingerprint density at radius 1 is 1.00 bits per heavy atom. The molecule has 1 aromatic carbocycles. The van der Waals surface area contributed by atoms with Crippen LogP contribution >= 0.6 is 0 Å². The average molecular weight is 186 g/mol. The molecule has 0 saturated heterocycles. The number of aromatic nitrogens is 1. The van der Waals surface area contributed by atoms with Crippen molar-refractivity contribution in [1.82, 2.24) is 0 Å². The molecule has 0 aliphatic heterocycles. The van der Waals surface area contributed by atoms with E-state index in [9.17, 15) is 5.21 Å². The molecule has 0 atom stereocenters. The van der Waals surface area contributed by atoms with Crippen molar-refractivity contribution in [3.05, 3.63) is 54.4 Å². The van der Waals surface area contributed by atoms with Gasteiger partial charge in [-0.2, -0.15) is 0 Å². The number of nitrogens with zero attached hydrogens (tertiary/aromatic N) is 1. The zero-order valence-electron chi connectivity index (χ0n) is 8.01. The third-order valence-corrected chi connectivity index (χ3v) is 2.10. The van der Waals surface area contributed by atoms with Crippen LogP contribution in [-0.2, 0) is 0 Å². The van der Waals surface area contributed by atoms with E-state index in [1.165, 1.54) is 0 Å². The third-order valence-electron chi connectivity index (χ3n) is 2.10. The molecule has 70 valence electrons. The van der Waals surface area contributed by atoms with E-state index < -0.39 is 0 Å². The van der Waals surface area contributed by atoms with Gasteiger partial charge in [0.2, 0.25) is 12.4 Å². The summed E-state index contributed by atoms with van der Waals surface area (Å²) in [7, 11) is 0. The van der Waals surface area contributed by atoms with Gasteiger partial charge >= 0.3 is 0 Å². The van der Waals surface area contributed by atoms with Gasteiger partial charge in [0.25, 0.3) is 0 Å². The van der Waals surface area contributed by atoms with E-state index in [1.807, 2.05) is 43.3 Å². The third kappa shape index (κ3) is 1.74. The van der Waals surface area contributed by atoms with E-state index in [0.717, 1.165) is 21.4 Å². The normalized spacial score (nSPS) is 10.1. The molecule has 0 unspecified atom stereocenters. The molecule has 0 aliphatic rings. The molecule has 2 aromatic rings. The topological polar surface area (TPSA) is 24.1 Å². The molecule has 1 N–H and O–H groups in total. The van der Waals surface area contributed by atoms with E-state index >= 15 is 0 Å². The van der Waals surface area contributed by atoms with Crippen LogP contribution in [0, 0.1) is 6.92 Å². The van der Waals surface area contributed by atoms with Gasteiger partial charge in [0.05, 0.1) is 5.56 Å². The van der Waals surface area contributed by atoms with Crippen molar-refractivity contribution >= 4 is 0 Å². The summed E-state index contributed by atoms with van der Waals surface area (Å²) in [5.41, 5.74) is 3.17. The van der Waals surface area contributed by atoms with Crippen molar-refractivity contribution in [1.29, 1.82) is 0 Å². The standard InChI is InChI=1S/C12H12NO/c1-10-7-12(9-13(14)8-10)11-5-3-2-4-6-11/h2-9,14H,1H3/q+1. The SMILES string of the molecule is Cc1cc(-c2ccccc2)c[n+](O)c1. The molecule has 0 saturated carbocycles. The summed E-state index contributed by atoms with van der Waals surface area (Å²) in [6, 6.07) is 12.0. The molecule has 2 heteroatoms. The molecule has 2 nitrogen and oxygen atoms in total. The van der Waals surface area contributed by atoms with Crippen LogP contribution in [0.4, 0.5) is 0 Å². The van der Waals surface area contributed by atoms with Gasteiger partial charge in [-0.15, -0.1) is 0 Å². The molecule has 0 spiro atoms. The summed E-state index contributed by atoms with van der Waals surface area (Å²) in [4.78, 5) is 0. The Morgan fingerprint density at radius 2 is 1.71 bits per heavy atom. The van der Waals surface area contributed by atoms with Gasteiger partial charge in [0, 0.05) is 10.3 Å². The van der Waals surface area contributed by atoms with Crippen molar-refractivity contribution in [3.63, 3.8) is 0 Å². The maximum Gasteiger partial charge on any atom is 0.230 e. The molecular formula is C12H12NO+. The molecule has 0 amide bonds. The minimum absolute atomic E-state index is 1.02. The Kier molecular flexibility index (Phi) is 2.19. The minimum Gasteiger partial charge on any atom is -0.285 e. The summed E-state index contributed by atoms with van der Waals surface area (Å²) in [5, 5.41) is 9.37. The summed E-state index contributed by atoms with van der Waals surface area (Å²) in [6.45, 7) is 1.96. The van der Waals surface area contributed by atoms with Crippen LogP contribution < -0.4 is 4.73 Å². The Hall–Kier alpha value is -1.83. The first-order chi connectivity index (χ1) is 6.75. The monoisotopic (exact) mass is 186 g/mol. The minimum atomic E-state index is 1.02. The predicted octanol–water partition coefficient (Wildman–Crippen LogP) is 2.19. The zero-order chi connectivity index (χ0) is 9.97. The van der Waals surface area contributed by atoms with Crippen LogP contribution in [0.1, 0.15) is 5.56 Å². The fourth-order valence-electron chi connectivity index (χ4n) is 1.50. The molecule has 0 radical (unpaired) electrons. The van der Waals surface area contributed by atoms with Crippen LogP contribution in [0.15, 0.2) is 48.8 Å². The average Bonchev–Trinajstić information content (AvgIpc) is 2.18. The second-order valence-corrected chi connectivity index (χ2v) is 3.35. The quantitative estimate of drug-likeness (QED) is 0.535. The Morgan fingerprint density at radius 3 is 2.36 bits per heavy atom. The second-order valence-electron chi connectivity index (χ2n) is 3.35. The Labute approximate surface area is 83.0 Å². The zero-order valence-corrected chi connectivity index (χ0v) is 8.01. The smallest absolute Gasteiger partial charge is 0.230 e. The number of rotatable bonds is 1. The van der Waals surface area contributed by atoms with Crippen molar-refractivity contribution < 1.29 is 9.94 Å².